The van der Waals surface area contributed by atoms with Crippen molar-refractivity contribution in [1.82, 2.24) is 30.2 Å². The molecular formula is C18H21N7O3. The molecule has 1 aliphatic heterocycles. The van der Waals surface area contributed by atoms with Gasteiger partial charge in [0.2, 0.25) is 11.7 Å². The number of anilines is 1. The minimum absolute atomic E-state index is 0.172. The molecule has 0 radical (unpaired) electrons. The van der Waals surface area contributed by atoms with Crippen LogP contribution in [-0.4, -0.2) is 70.0 Å². The lowest BCUT2D eigenvalue weighted by Gasteiger charge is -2.34. The molecule has 1 saturated heterocycles. The van der Waals surface area contributed by atoms with Crippen molar-refractivity contribution < 1.29 is 9.21 Å². The molecule has 0 bridgehead atoms. The topological polar surface area (TPSA) is 120 Å². The smallest absolute Gasteiger partial charge is 0.262 e. The van der Waals surface area contributed by atoms with Crippen molar-refractivity contribution in [1.29, 1.82) is 0 Å². The first kappa shape index (κ1) is 18.1. The van der Waals surface area contributed by atoms with Gasteiger partial charge in [0, 0.05) is 51.7 Å². The van der Waals surface area contributed by atoms with Gasteiger partial charge in [0.1, 0.15) is 11.1 Å². The van der Waals surface area contributed by atoms with E-state index in [4.69, 9.17) is 4.42 Å². The third kappa shape index (κ3) is 3.58. The van der Waals surface area contributed by atoms with Gasteiger partial charge in [-0.1, -0.05) is 0 Å². The monoisotopic (exact) mass is 383 g/mol. The summed E-state index contributed by atoms with van der Waals surface area (Å²) in [6.07, 6.45) is 4.74. The fourth-order valence-electron chi connectivity index (χ4n) is 3.37. The Morgan fingerprint density at radius 1 is 1.21 bits per heavy atom. The first-order chi connectivity index (χ1) is 13.6. The molecule has 28 heavy (non-hydrogen) atoms. The van der Waals surface area contributed by atoms with Crippen LogP contribution in [0.25, 0.3) is 11.1 Å². The molecule has 3 aromatic rings. The summed E-state index contributed by atoms with van der Waals surface area (Å²) in [5.41, 5.74) is 0.0345. The van der Waals surface area contributed by atoms with Crippen LogP contribution < -0.4 is 15.8 Å². The Morgan fingerprint density at radius 3 is 2.71 bits per heavy atom. The van der Waals surface area contributed by atoms with E-state index in [-0.39, 0.29) is 28.1 Å². The molecule has 2 N–H and O–H groups in total. The lowest BCUT2D eigenvalue weighted by Crippen LogP contribution is -2.49. The number of fused-ring (bicyclic) bond motifs is 1. The molecule has 3 aromatic heterocycles. The van der Waals surface area contributed by atoms with Crippen molar-refractivity contribution in [2.75, 3.05) is 44.2 Å². The van der Waals surface area contributed by atoms with Crippen LogP contribution in [0.5, 0.6) is 0 Å². The zero-order valence-electron chi connectivity index (χ0n) is 15.5. The number of aromatic nitrogens is 4. The van der Waals surface area contributed by atoms with Crippen LogP contribution in [0.2, 0.25) is 0 Å². The standard InChI is InChI=1S/C18H21N7O3/c1-12-13(14-16(27)22-11-23-17(14)28-12)15(26)19-5-6-24-7-9-25(10-8-24)18-20-3-2-4-21-18/h2-4,11H,5-10H2,1H3,(H,19,26)(H,22,23,27). The third-order valence-electron chi connectivity index (χ3n) is 4.82. The molecule has 4 heterocycles. The van der Waals surface area contributed by atoms with Crippen molar-refractivity contribution >= 4 is 23.0 Å². The van der Waals surface area contributed by atoms with Crippen LogP contribution >= 0.6 is 0 Å². The van der Waals surface area contributed by atoms with Crippen LogP contribution in [0, 0.1) is 6.92 Å². The van der Waals surface area contributed by atoms with Gasteiger partial charge in [0.15, 0.2) is 0 Å². The molecule has 1 aliphatic rings. The van der Waals surface area contributed by atoms with E-state index in [1.165, 1.54) is 6.33 Å². The van der Waals surface area contributed by atoms with Gasteiger partial charge >= 0.3 is 0 Å². The molecule has 10 nitrogen and oxygen atoms in total. The number of aromatic amines is 1. The molecular weight excluding hydrogens is 362 g/mol. The largest absolute Gasteiger partial charge is 0.442 e. The lowest BCUT2D eigenvalue weighted by atomic mass is 10.2. The second kappa shape index (κ2) is 7.77. The highest BCUT2D eigenvalue weighted by molar-refractivity contribution is 6.06. The number of H-pyrrole nitrogens is 1. The van der Waals surface area contributed by atoms with Crippen molar-refractivity contribution in [3.63, 3.8) is 0 Å². The summed E-state index contributed by atoms with van der Waals surface area (Å²) in [6.45, 7) is 6.26. The Kier molecular flexibility index (Phi) is 5.02. The maximum Gasteiger partial charge on any atom is 0.262 e. The van der Waals surface area contributed by atoms with Gasteiger partial charge in [-0.25, -0.2) is 15.0 Å². The van der Waals surface area contributed by atoms with Gasteiger partial charge in [-0.3, -0.25) is 14.5 Å². The Balaban J connectivity index is 1.31. The summed E-state index contributed by atoms with van der Waals surface area (Å²) in [4.78, 5) is 44.0. The number of hydrogen-bond donors (Lipinski definition) is 2. The second-order valence-corrected chi connectivity index (χ2v) is 6.58. The third-order valence-corrected chi connectivity index (χ3v) is 4.82. The molecule has 0 unspecified atom stereocenters. The minimum atomic E-state index is -0.383. The van der Waals surface area contributed by atoms with E-state index >= 15 is 0 Å². The predicted molar refractivity (Wildman–Crippen MR) is 102 cm³/mol. The Hall–Kier alpha value is -3.27. The molecule has 0 aliphatic carbocycles. The highest BCUT2D eigenvalue weighted by atomic mass is 16.3. The number of carbonyl (C=O) groups is 1. The number of amides is 1. The maximum absolute atomic E-state index is 12.6. The summed E-state index contributed by atoms with van der Waals surface area (Å²) >= 11 is 0. The van der Waals surface area contributed by atoms with Gasteiger partial charge in [0.25, 0.3) is 11.5 Å². The molecule has 1 amide bonds. The molecule has 1 fully saturated rings. The first-order valence-corrected chi connectivity index (χ1v) is 9.13. The van der Waals surface area contributed by atoms with Crippen LogP contribution in [0.3, 0.4) is 0 Å². The highest BCUT2D eigenvalue weighted by Crippen LogP contribution is 2.20. The Labute approximate surface area is 160 Å². The summed E-state index contributed by atoms with van der Waals surface area (Å²) in [6, 6.07) is 1.80. The van der Waals surface area contributed by atoms with Crippen LogP contribution in [0.4, 0.5) is 5.95 Å². The van der Waals surface area contributed by atoms with E-state index in [1.807, 2.05) is 0 Å². The normalized spacial score (nSPS) is 15.1. The van der Waals surface area contributed by atoms with Gasteiger partial charge in [-0.15, -0.1) is 0 Å². The first-order valence-electron chi connectivity index (χ1n) is 9.13. The van der Waals surface area contributed by atoms with Crippen molar-refractivity contribution in [2.24, 2.45) is 0 Å². The summed E-state index contributed by atoms with van der Waals surface area (Å²) in [5, 5.41) is 3.06. The number of rotatable bonds is 5. The molecule has 0 saturated carbocycles. The Morgan fingerprint density at radius 2 is 1.96 bits per heavy atom. The number of hydrogen-bond acceptors (Lipinski definition) is 8. The molecule has 0 spiro atoms. The number of piperazine rings is 1. The lowest BCUT2D eigenvalue weighted by molar-refractivity contribution is 0.0947. The van der Waals surface area contributed by atoms with E-state index < -0.39 is 0 Å². The van der Waals surface area contributed by atoms with Gasteiger partial charge in [-0.05, 0) is 13.0 Å². The van der Waals surface area contributed by atoms with Crippen LogP contribution in [0.1, 0.15) is 16.1 Å². The summed E-state index contributed by atoms with van der Waals surface area (Å²) < 4.78 is 5.43. The van der Waals surface area contributed by atoms with E-state index in [2.05, 4.69) is 35.1 Å². The van der Waals surface area contributed by atoms with E-state index in [1.54, 1.807) is 25.4 Å². The van der Waals surface area contributed by atoms with Crippen molar-refractivity contribution in [2.45, 2.75) is 6.92 Å². The maximum atomic E-state index is 12.6. The summed E-state index contributed by atoms with van der Waals surface area (Å²) in [5.74, 6) is 0.802. The SMILES string of the molecule is Cc1oc2nc[nH]c(=O)c2c1C(=O)NCCN1CCN(c2ncccn2)CC1. The highest BCUT2D eigenvalue weighted by Gasteiger charge is 2.22. The number of nitrogens with one attached hydrogen (secondary N) is 2. The number of aryl methyl sites for hydroxylation is 1. The average molecular weight is 383 g/mol. The molecule has 146 valence electrons. The molecule has 10 heteroatoms. The fourth-order valence-corrected chi connectivity index (χ4v) is 3.37. The summed E-state index contributed by atoms with van der Waals surface area (Å²) in [7, 11) is 0. The second-order valence-electron chi connectivity index (χ2n) is 6.58. The quantitative estimate of drug-likeness (QED) is 0.640. The number of nitrogens with zero attached hydrogens (tertiary/aromatic N) is 5. The average Bonchev–Trinajstić information content (AvgIpc) is 3.06. The molecule has 0 atom stereocenters. The molecule has 0 aromatic carbocycles. The van der Waals surface area contributed by atoms with Gasteiger partial charge < -0.3 is 19.6 Å². The minimum Gasteiger partial charge on any atom is -0.442 e. The van der Waals surface area contributed by atoms with Crippen molar-refractivity contribution in [3.05, 3.63) is 46.5 Å². The fraction of sp³-hybridized carbons (Fsp3) is 0.389. The van der Waals surface area contributed by atoms with Gasteiger partial charge in [-0.2, -0.15) is 0 Å². The zero-order valence-corrected chi connectivity index (χ0v) is 15.5. The van der Waals surface area contributed by atoms with E-state index in [0.29, 0.717) is 12.3 Å². The van der Waals surface area contributed by atoms with Crippen LogP contribution in [0.15, 0.2) is 34.0 Å². The van der Waals surface area contributed by atoms with E-state index in [0.717, 1.165) is 38.7 Å². The van der Waals surface area contributed by atoms with Gasteiger partial charge in [0.05, 0.1) is 11.9 Å². The Bertz CT molecular complexity index is 1020. The van der Waals surface area contributed by atoms with Crippen LogP contribution in [-0.2, 0) is 0 Å². The predicted octanol–water partition coefficient (Wildman–Crippen LogP) is 0.167. The molecule has 4 rings (SSSR count). The van der Waals surface area contributed by atoms with Crippen molar-refractivity contribution in [3.8, 4) is 0 Å². The number of carbonyl (C=O) groups excluding carboxylic acids is 1. The van der Waals surface area contributed by atoms with E-state index in [9.17, 15) is 9.59 Å². The zero-order chi connectivity index (χ0) is 19.5. The number of furan rings is 1.